The number of hydrogen-bond acceptors (Lipinski definition) is 7. The zero-order valence-corrected chi connectivity index (χ0v) is 18.3. The van der Waals surface area contributed by atoms with Gasteiger partial charge in [-0.2, -0.15) is 0 Å². The number of nitrogens with zero attached hydrogens (tertiary/aromatic N) is 2. The molecule has 0 atom stereocenters. The highest BCUT2D eigenvalue weighted by Gasteiger charge is 2.11. The van der Waals surface area contributed by atoms with Gasteiger partial charge in [0.2, 0.25) is 0 Å². The first-order valence-corrected chi connectivity index (χ1v) is 11.3. The van der Waals surface area contributed by atoms with Crippen LogP contribution in [-0.4, -0.2) is 15.9 Å². The first-order valence-electron chi connectivity index (χ1n) is 9.23. The number of hydrogen-bond donors (Lipinski definition) is 1. The van der Waals surface area contributed by atoms with Crippen LogP contribution >= 0.6 is 34.3 Å². The molecule has 9 heteroatoms. The van der Waals surface area contributed by atoms with Gasteiger partial charge in [0.05, 0.1) is 16.5 Å². The van der Waals surface area contributed by atoms with Crippen molar-refractivity contribution in [3.8, 4) is 17.2 Å². The van der Waals surface area contributed by atoms with Gasteiger partial charge in [-0.25, -0.2) is 9.97 Å². The van der Waals surface area contributed by atoms with Crippen molar-refractivity contribution >= 4 is 55.5 Å². The molecule has 1 N–H and O–H groups in total. The van der Waals surface area contributed by atoms with E-state index in [0.29, 0.717) is 28.1 Å². The van der Waals surface area contributed by atoms with E-state index in [2.05, 4.69) is 15.3 Å². The molecule has 154 valence electrons. The van der Waals surface area contributed by atoms with Gasteiger partial charge >= 0.3 is 0 Å². The maximum absolute atomic E-state index is 12.5. The zero-order chi connectivity index (χ0) is 21.2. The maximum atomic E-state index is 12.5. The molecule has 1 amide bonds. The number of carbonyl (C=O) groups is 1. The van der Waals surface area contributed by atoms with Gasteiger partial charge in [0.1, 0.15) is 23.1 Å². The number of nitrogens with one attached hydrogen (secondary N) is 1. The zero-order valence-electron chi connectivity index (χ0n) is 15.9. The highest BCUT2D eigenvalue weighted by molar-refractivity contribution is 7.22. The topological polar surface area (TPSA) is 77.2 Å². The Morgan fingerprint density at radius 1 is 1.13 bits per heavy atom. The maximum Gasteiger partial charge on any atom is 0.257 e. The molecule has 31 heavy (non-hydrogen) atoms. The summed E-state index contributed by atoms with van der Waals surface area (Å²) in [7, 11) is 0. The number of carbonyl (C=O) groups excluding carboxylic acids is 1. The van der Waals surface area contributed by atoms with Crippen LogP contribution in [-0.2, 0) is 6.61 Å². The fourth-order valence-electron chi connectivity index (χ4n) is 2.88. The van der Waals surface area contributed by atoms with Crippen molar-refractivity contribution < 1.29 is 13.9 Å². The average Bonchev–Trinajstić information content (AvgIpc) is 3.52. The second-order valence-electron chi connectivity index (χ2n) is 6.50. The fraction of sp³-hybridized carbons (Fsp3) is 0.0455. The molecule has 0 aliphatic rings. The molecule has 0 bridgehead atoms. The summed E-state index contributed by atoms with van der Waals surface area (Å²) in [4.78, 5) is 21.5. The van der Waals surface area contributed by atoms with Crippen LogP contribution in [0.25, 0.3) is 21.7 Å². The van der Waals surface area contributed by atoms with Gasteiger partial charge in [0.15, 0.2) is 10.9 Å². The van der Waals surface area contributed by atoms with Crippen molar-refractivity contribution in [2.45, 2.75) is 6.61 Å². The lowest BCUT2D eigenvalue weighted by Crippen LogP contribution is -2.11. The van der Waals surface area contributed by atoms with Gasteiger partial charge in [-0.1, -0.05) is 22.9 Å². The van der Waals surface area contributed by atoms with E-state index >= 15 is 0 Å². The molecule has 5 rings (SSSR count). The van der Waals surface area contributed by atoms with Crippen LogP contribution in [0.1, 0.15) is 15.4 Å². The van der Waals surface area contributed by atoms with Crippen molar-refractivity contribution in [2.24, 2.45) is 0 Å². The van der Waals surface area contributed by atoms with Gasteiger partial charge < -0.3 is 9.15 Å². The molecule has 3 heterocycles. The molecule has 3 aromatic heterocycles. The third-order valence-corrected chi connectivity index (χ3v) is 6.37. The van der Waals surface area contributed by atoms with E-state index in [0.717, 1.165) is 26.7 Å². The Bertz CT molecular complexity index is 1340. The van der Waals surface area contributed by atoms with Crippen LogP contribution in [0.4, 0.5) is 5.13 Å². The summed E-state index contributed by atoms with van der Waals surface area (Å²) in [6.07, 6.45) is 1.62. The lowest BCUT2D eigenvalue weighted by atomic mass is 10.2. The number of amides is 1. The molecule has 0 fully saturated rings. The first kappa shape index (κ1) is 19.7. The van der Waals surface area contributed by atoms with Crippen molar-refractivity contribution in [3.63, 3.8) is 0 Å². The number of thiazole rings is 2. The van der Waals surface area contributed by atoms with Gasteiger partial charge in [0, 0.05) is 16.0 Å². The van der Waals surface area contributed by atoms with E-state index in [1.807, 2.05) is 29.6 Å². The number of furan rings is 1. The monoisotopic (exact) mass is 467 g/mol. The van der Waals surface area contributed by atoms with Crippen LogP contribution in [0.3, 0.4) is 0 Å². The minimum Gasteiger partial charge on any atom is -0.486 e. The minimum absolute atomic E-state index is 0.236. The molecular formula is C22H14ClN3O3S2. The molecule has 0 saturated heterocycles. The Balaban J connectivity index is 1.20. The molecule has 6 nitrogen and oxygen atoms in total. The Kier molecular flexibility index (Phi) is 5.42. The van der Waals surface area contributed by atoms with Crippen molar-refractivity contribution in [3.05, 3.63) is 81.8 Å². The molecule has 5 aromatic rings. The molecule has 0 radical (unpaired) electrons. The number of benzene rings is 2. The van der Waals surface area contributed by atoms with E-state index in [1.165, 1.54) is 22.7 Å². The van der Waals surface area contributed by atoms with Gasteiger partial charge in [-0.05, 0) is 54.6 Å². The number of aromatic nitrogens is 2. The SMILES string of the molecule is O=C(Nc1nc2ccc(Cl)cc2s1)c1ccc(OCc2nc(-c3ccco3)cs2)cc1. The van der Waals surface area contributed by atoms with Crippen LogP contribution in [0.2, 0.25) is 5.02 Å². The summed E-state index contributed by atoms with van der Waals surface area (Å²) < 4.78 is 12.1. The number of fused-ring (bicyclic) bond motifs is 1. The Morgan fingerprint density at radius 2 is 2.00 bits per heavy atom. The predicted molar refractivity (Wildman–Crippen MR) is 123 cm³/mol. The first-order chi connectivity index (χ1) is 15.1. The van der Waals surface area contributed by atoms with E-state index in [-0.39, 0.29) is 5.91 Å². The van der Waals surface area contributed by atoms with Gasteiger partial charge in [0.25, 0.3) is 5.91 Å². The predicted octanol–water partition coefficient (Wildman–Crippen LogP) is 6.50. The lowest BCUT2D eigenvalue weighted by molar-refractivity contribution is 0.102. The van der Waals surface area contributed by atoms with E-state index in [1.54, 1.807) is 36.6 Å². The van der Waals surface area contributed by atoms with E-state index in [9.17, 15) is 4.79 Å². The number of rotatable bonds is 6. The van der Waals surface area contributed by atoms with E-state index in [4.69, 9.17) is 20.8 Å². The van der Waals surface area contributed by atoms with Crippen LogP contribution in [0.15, 0.2) is 70.7 Å². The van der Waals surface area contributed by atoms with Gasteiger partial charge in [-0.15, -0.1) is 11.3 Å². The smallest absolute Gasteiger partial charge is 0.257 e. The third kappa shape index (κ3) is 4.46. The highest BCUT2D eigenvalue weighted by atomic mass is 35.5. The van der Waals surface area contributed by atoms with Crippen molar-refractivity contribution in [2.75, 3.05) is 5.32 Å². The summed E-state index contributed by atoms with van der Waals surface area (Å²) in [5.74, 6) is 1.15. The Hall–Kier alpha value is -3.20. The average molecular weight is 468 g/mol. The molecule has 0 unspecified atom stereocenters. The number of anilines is 1. The fourth-order valence-corrected chi connectivity index (χ4v) is 4.71. The molecule has 0 saturated carbocycles. The minimum atomic E-state index is -0.236. The molecule has 0 aliphatic heterocycles. The summed E-state index contributed by atoms with van der Waals surface area (Å²) in [5, 5.41) is 6.76. The van der Waals surface area contributed by atoms with Crippen molar-refractivity contribution in [1.82, 2.24) is 9.97 Å². The van der Waals surface area contributed by atoms with Gasteiger partial charge in [-0.3, -0.25) is 10.1 Å². The van der Waals surface area contributed by atoms with Crippen LogP contribution < -0.4 is 10.1 Å². The second kappa shape index (κ2) is 8.50. The van der Waals surface area contributed by atoms with Crippen LogP contribution in [0.5, 0.6) is 5.75 Å². The normalized spacial score (nSPS) is 11.0. The quantitative estimate of drug-likeness (QED) is 0.308. The third-order valence-electron chi connectivity index (χ3n) is 4.38. The summed E-state index contributed by atoms with van der Waals surface area (Å²) in [6.45, 7) is 0.338. The number of ether oxygens (including phenoxy) is 1. The van der Waals surface area contributed by atoms with E-state index < -0.39 is 0 Å². The second-order valence-corrected chi connectivity index (χ2v) is 8.91. The Morgan fingerprint density at radius 3 is 2.81 bits per heavy atom. The molecular weight excluding hydrogens is 454 g/mol. The molecule has 0 spiro atoms. The summed E-state index contributed by atoms with van der Waals surface area (Å²) >= 11 is 8.89. The van der Waals surface area contributed by atoms with Crippen molar-refractivity contribution in [1.29, 1.82) is 0 Å². The number of halogens is 1. The summed E-state index contributed by atoms with van der Waals surface area (Å²) in [6, 6.07) is 16.1. The van der Waals surface area contributed by atoms with Crippen LogP contribution in [0, 0.1) is 0 Å². The highest BCUT2D eigenvalue weighted by Crippen LogP contribution is 2.29. The molecule has 2 aromatic carbocycles. The largest absolute Gasteiger partial charge is 0.486 e. The molecule has 0 aliphatic carbocycles. The summed E-state index contributed by atoms with van der Waals surface area (Å²) in [5.41, 5.74) is 2.10. The lowest BCUT2D eigenvalue weighted by Gasteiger charge is -2.06. The standard InChI is InChI=1S/C22H14ClN3O3S2/c23-14-5-8-16-19(10-14)31-22(25-16)26-21(27)13-3-6-15(7-4-13)29-11-20-24-17(12-30-20)18-2-1-9-28-18/h1-10,12H,11H2,(H,25,26,27). The Labute approximate surface area is 190 Å².